The molecule has 1 heterocycles. The SMILES string of the molecule is O=C(c1ccccc1F)N1CCN(CC(=O)N(Cc2ccccc2)c2ccccc2)CC1. The summed E-state index contributed by atoms with van der Waals surface area (Å²) >= 11 is 0. The van der Waals surface area contributed by atoms with Gasteiger partial charge in [-0.15, -0.1) is 0 Å². The Kier molecular flexibility index (Phi) is 6.92. The Labute approximate surface area is 187 Å². The smallest absolute Gasteiger partial charge is 0.256 e. The molecule has 164 valence electrons. The van der Waals surface area contributed by atoms with Crippen LogP contribution in [-0.4, -0.2) is 54.3 Å². The number of carbonyl (C=O) groups excluding carboxylic acids is 2. The molecule has 0 atom stereocenters. The number of carbonyl (C=O) groups is 2. The van der Waals surface area contributed by atoms with E-state index in [1.807, 2.05) is 65.6 Å². The van der Waals surface area contributed by atoms with Crippen molar-refractivity contribution in [2.75, 3.05) is 37.6 Å². The predicted molar refractivity (Wildman–Crippen MR) is 123 cm³/mol. The van der Waals surface area contributed by atoms with Gasteiger partial charge in [-0.2, -0.15) is 0 Å². The van der Waals surface area contributed by atoms with E-state index in [1.165, 1.54) is 12.1 Å². The van der Waals surface area contributed by atoms with Gasteiger partial charge in [0.1, 0.15) is 5.82 Å². The quantitative estimate of drug-likeness (QED) is 0.596. The summed E-state index contributed by atoms with van der Waals surface area (Å²) in [7, 11) is 0. The summed E-state index contributed by atoms with van der Waals surface area (Å²) in [5.74, 6) is -0.799. The highest BCUT2D eigenvalue weighted by Gasteiger charge is 2.26. The number of anilines is 1. The van der Waals surface area contributed by atoms with E-state index < -0.39 is 5.82 Å². The van der Waals surface area contributed by atoms with E-state index in [4.69, 9.17) is 0 Å². The molecule has 1 aliphatic rings. The van der Waals surface area contributed by atoms with E-state index in [0.29, 0.717) is 32.7 Å². The summed E-state index contributed by atoms with van der Waals surface area (Å²) in [6.45, 7) is 2.83. The van der Waals surface area contributed by atoms with Gasteiger partial charge in [0.05, 0.1) is 18.7 Å². The lowest BCUT2D eigenvalue weighted by Crippen LogP contribution is -2.51. The maximum atomic E-state index is 14.0. The van der Waals surface area contributed by atoms with Crippen molar-refractivity contribution in [3.63, 3.8) is 0 Å². The third-order valence-corrected chi connectivity index (χ3v) is 5.68. The summed E-state index contributed by atoms with van der Waals surface area (Å²) < 4.78 is 14.0. The fourth-order valence-corrected chi connectivity index (χ4v) is 3.89. The van der Waals surface area contributed by atoms with Crippen molar-refractivity contribution in [2.45, 2.75) is 6.54 Å². The molecule has 32 heavy (non-hydrogen) atoms. The normalized spacial score (nSPS) is 14.2. The first-order valence-corrected chi connectivity index (χ1v) is 10.8. The molecule has 0 spiro atoms. The van der Waals surface area contributed by atoms with Crippen LogP contribution in [0.1, 0.15) is 15.9 Å². The maximum Gasteiger partial charge on any atom is 0.256 e. The van der Waals surface area contributed by atoms with Gasteiger partial charge in [0.2, 0.25) is 5.91 Å². The van der Waals surface area contributed by atoms with Gasteiger partial charge in [-0.25, -0.2) is 4.39 Å². The minimum atomic E-state index is -0.505. The second kappa shape index (κ2) is 10.2. The third-order valence-electron chi connectivity index (χ3n) is 5.68. The average Bonchev–Trinajstić information content (AvgIpc) is 2.84. The molecule has 0 bridgehead atoms. The minimum absolute atomic E-state index is 0.00827. The number of hydrogen-bond acceptors (Lipinski definition) is 3. The Morgan fingerprint density at radius 1 is 0.781 bits per heavy atom. The number of piperazine rings is 1. The molecule has 0 N–H and O–H groups in total. The van der Waals surface area contributed by atoms with Crippen molar-refractivity contribution in [3.8, 4) is 0 Å². The van der Waals surface area contributed by atoms with Crippen LogP contribution >= 0.6 is 0 Å². The molecule has 3 aromatic carbocycles. The van der Waals surface area contributed by atoms with Crippen LogP contribution in [0, 0.1) is 5.82 Å². The molecule has 1 saturated heterocycles. The van der Waals surface area contributed by atoms with Crippen molar-refractivity contribution in [3.05, 3.63) is 102 Å². The number of amides is 2. The molecule has 0 saturated carbocycles. The molecule has 1 aliphatic heterocycles. The van der Waals surface area contributed by atoms with Crippen LogP contribution in [0.15, 0.2) is 84.9 Å². The highest BCUT2D eigenvalue weighted by atomic mass is 19.1. The molecule has 0 unspecified atom stereocenters. The molecular formula is C26H26FN3O2. The highest BCUT2D eigenvalue weighted by Crippen LogP contribution is 2.18. The molecule has 3 aromatic rings. The van der Waals surface area contributed by atoms with Crippen molar-refractivity contribution >= 4 is 17.5 Å². The topological polar surface area (TPSA) is 43.9 Å². The van der Waals surface area contributed by atoms with Gasteiger partial charge in [-0.05, 0) is 29.8 Å². The van der Waals surface area contributed by atoms with E-state index >= 15 is 0 Å². The molecule has 0 radical (unpaired) electrons. The minimum Gasteiger partial charge on any atom is -0.336 e. The largest absolute Gasteiger partial charge is 0.336 e. The first-order valence-electron chi connectivity index (χ1n) is 10.8. The standard InChI is InChI=1S/C26H26FN3O2/c27-24-14-8-7-13-23(24)26(32)29-17-15-28(16-18-29)20-25(31)30(22-11-5-2-6-12-22)19-21-9-3-1-4-10-21/h1-14H,15-20H2. The van der Waals surface area contributed by atoms with Crippen LogP contribution in [0.2, 0.25) is 0 Å². The maximum absolute atomic E-state index is 14.0. The van der Waals surface area contributed by atoms with Crippen molar-refractivity contribution < 1.29 is 14.0 Å². The second-order valence-corrected chi connectivity index (χ2v) is 7.85. The van der Waals surface area contributed by atoms with Gasteiger partial charge in [0.25, 0.3) is 5.91 Å². The van der Waals surface area contributed by atoms with E-state index in [2.05, 4.69) is 0 Å². The predicted octanol–water partition coefficient (Wildman–Crippen LogP) is 3.82. The third kappa shape index (κ3) is 5.21. The van der Waals surface area contributed by atoms with Gasteiger partial charge in [0.15, 0.2) is 0 Å². The monoisotopic (exact) mass is 431 g/mol. The number of rotatable bonds is 6. The zero-order valence-corrected chi connectivity index (χ0v) is 17.9. The lowest BCUT2D eigenvalue weighted by atomic mass is 10.1. The fourth-order valence-electron chi connectivity index (χ4n) is 3.89. The Morgan fingerprint density at radius 3 is 2.03 bits per heavy atom. The number of hydrogen-bond donors (Lipinski definition) is 0. The number of halogens is 1. The van der Waals surface area contributed by atoms with Gasteiger partial charge < -0.3 is 9.80 Å². The van der Waals surface area contributed by atoms with Crippen molar-refractivity contribution in [2.24, 2.45) is 0 Å². The molecule has 1 fully saturated rings. The molecule has 0 aliphatic carbocycles. The van der Waals surface area contributed by atoms with Crippen LogP contribution < -0.4 is 4.90 Å². The van der Waals surface area contributed by atoms with E-state index in [9.17, 15) is 14.0 Å². The van der Waals surface area contributed by atoms with Gasteiger partial charge in [-0.1, -0.05) is 60.7 Å². The molecule has 4 rings (SSSR count). The Hall–Kier alpha value is -3.51. The molecule has 0 aromatic heterocycles. The Bertz CT molecular complexity index is 1050. The van der Waals surface area contributed by atoms with Crippen LogP contribution in [0.5, 0.6) is 0 Å². The van der Waals surface area contributed by atoms with E-state index in [-0.39, 0.29) is 23.9 Å². The molecular weight excluding hydrogens is 405 g/mol. The molecule has 6 heteroatoms. The molecule has 2 amide bonds. The second-order valence-electron chi connectivity index (χ2n) is 7.85. The summed E-state index contributed by atoms with van der Waals surface area (Å²) in [4.78, 5) is 31.4. The Balaban J connectivity index is 1.39. The number of para-hydroxylation sites is 1. The van der Waals surface area contributed by atoms with Crippen LogP contribution in [0.25, 0.3) is 0 Å². The van der Waals surface area contributed by atoms with Crippen molar-refractivity contribution in [1.29, 1.82) is 0 Å². The first-order chi connectivity index (χ1) is 15.6. The zero-order valence-electron chi connectivity index (χ0n) is 17.9. The molecule has 5 nitrogen and oxygen atoms in total. The van der Waals surface area contributed by atoms with Crippen molar-refractivity contribution in [1.82, 2.24) is 9.80 Å². The summed E-state index contributed by atoms with van der Waals surface area (Å²) in [5.41, 5.74) is 2.01. The Morgan fingerprint density at radius 2 is 1.38 bits per heavy atom. The lowest BCUT2D eigenvalue weighted by molar-refractivity contribution is -0.120. The summed E-state index contributed by atoms with van der Waals surface area (Å²) in [6, 6.07) is 25.6. The highest BCUT2D eigenvalue weighted by molar-refractivity contribution is 5.95. The lowest BCUT2D eigenvalue weighted by Gasteiger charge is -2.35. The van der Waals surface area contributed by atoms with E-state index in [0.717, 1.165) is 11.3 Å². The number of benzene rings is 3. The first kappa shape index (κ1) is 21.7. The van der Waals surface area contributed by atoms with Crippen LogP contribution in [-0.2, 0) is 11.3 Å². The van der Waals surface area contributed by atoms with Gasteiger partial charge >= 0.3 is 0 Å². The van der Waals surface area contributed by atoms with Crippen LogP contribution in [0.3, 0.4) is 0 Å². The fraction of sp³-hybridized carbons (Fsp3) is 0.231. The van der Waals surface area contributed by atoms with E-state index in [1.54, 1.807) is 21.9 Å². The van der Waals surface area contributed by atoms with Crippen LogP contribution in [0.4, 0.5) is 10.1 Å². The van der Waals surface area contributed by atoms with Gasteiger partial charge in [0, 0.05) is 31.9 Å². The summed E-state index contributed by atoms with van der Waals surface area (Å²) in [6.07, 6.45) is 0. The van der Waals surface area contributed by atoms with Gasteiger partial charge in [-0.3, -0.25) is 14.5 Å². The number of nitrogens with zero attached hydrogens (tertiary/aromatic N) is 3. The summed E-state index contributed by atoms with van der Waals surface area (Å²) in [5, 5.41) is 0. The zero-order chi connectivity index (χ0) is 22.3. The average molecular weight is 432 g/mol.